The third-order valence-corrected chi connectivity index (χ3v) is 3.70. The van der Waals surface area contributed by atoms with E-state index >= 15 is 0 Å². The lowest BCUT2D eigenvalue weighted by atomic mass is 9.97. The van der Waals surface area contributed by atoms with E-state index in [1.807, 2.05) is 0 Å². The summed E-state index contributed by atoms with van der Waals surface area (Å²) >= 11 is 0. The van der Waals surface area contributed by atoms with E-state index in [-0.39, 0.29) is 19.6 Å². The average Bonchev–Trinajstić information content (AvgIpc) is 2.52. The molecule has 4 nitrogen and oxygen atoms in total. The molecule has 0 radical (unpaired) electrons. The maximum absolute atomic E-state index is 12.8. The van der Waals surface area contributed by atoms with E-state index in [1.165, 1.54) is 24.3 Å². The highest BCUT2D eigenvalue weighted by molar-refractivity contribution is 5.84. The molecule has 1 fully saturated rings. The molecule has 1 saturated heterocycles. The number of likely N-dealkylation sites (tertiary alicyclic amines) is 1. The van der Waals surface area contributed by atoms with E-state index in [0.29, 0.717) is 23.3 Å². The molecule has 0 aliphatic carbocycles. The lowest BCUT2D eigenvalue weighted by molar-refractivity contribution is -0.187. The standard InChI is InChI=1S/C15H16F4N2O2/c16-12-5-3-10(4-6-12)8-20-13(22)11-2-1-7-21(9-11)14(23)15(17,18)19/h3-6,11H,1-2,7-9H2,(H,20,22). The van der Waals surface area contributed by atoms with Gasteiger partial charge in [-0.05, 0) is 30.5 Å². The van der Waals surface area contributed by atoms with Crippen LogP contribution in [0.25, 0.3) is 0 Å². The largest absolute Gasteiger partial charge is 0.471 e. The van der Waals surface area contributed by atoms with Gasteiger partial charge in [0.15, 0.2) is 0 Å². The van der Waals surface area contributed by atoms with Crippen molar-refractivity contribution in [3.63, 3.8) is 0 Å². The van der Waals surface area contributed by atoms with Crippen LogP contribution in [0.4, 0.5) is 17.6 Å². The summed E-state index contributed by atoms with van der Waals surface area (Å²) in [6, 6.07) is 5.53. The van der Waals surface area contributed by atoms with Gasteiger partial charge < -0.3 is 10.2 Å². The number of amides is 2. The molecular weight excluding hydrogens is 316 g/mol. The van der Waals surface area contributed by atoms with E-state index < -0.39 is 29.7 Å². The van der Waals surface area contributed by atoms with Crippen LogP contribution >= 0.6 is 0 Å². The fraction of sp³-hybridized carbons (Fsp3) is 0.467. The van der Waals surface area contributed by atoms with Crippen LogP contribution in [0.3, 0.4) is 0 Å². The minimum absolute atomic E-state index is 0.0000848. The molecule has 1 aromatic carbocycles. The highest BCUT2D eigenvalue weighted by Gasteiger charge is 2.44. The fourth-order valence-corrected chi connectivity index (χ4v) is 2.49. The molecule has 1 N–H and O–H groups in total. The van der Waals surface area contributed by atoms with Crippen molar-refractivity contribution in [1.82, 2.24) is 10.2 Å². The molecule has 0 spiro atoms. The monoisotopic (exact) mass is 332 g/mol. The maximum atomic E-state index is 12.8. The maximum Gasteiger partial charge on any atom is 0.471 e. The first-order valence-corrected chi connectivity index (χ1v) is 7.15. The molecule has 1 aliphatic rings. The predicted molar refractivity (Wildman–Crippen MR) is 73.6 cm³/mol. The van der Waals surface area contributed by atoms with Crippen LogP contribution in [0, 0.1) is 11.7 Å². The number of alkyl halides is 3. The Bertz CT molecular complexity index is 572. The Labute approximate surface area is 130 Å². The molecule has 0 bridgehead atoms. The number of carbonyl (C=O) groups is 2. The van der Waals surface area contributed by atoms with Gasteiger partial charge in [-0.2, -0.15) is 13.2 Å². The molecule has 8 heteroatoms. The Hall–Kier alpha value is -2.12. The van der Waals surface area contributed by atoms with Crippen molar-refractivity contribution in [3.05, 3.63) is 35.6 Å². The number of halogens is 4. The minimum atomic E-state index is -4.92. The van der Waals surface area contributed by atoms with Crippen LogP contribution in [0.1, 0.15) is 18.4 Å². The highest BCUT2D eigenvalue weighted by atomic mass is 19.4. The summed E-state index contributed by atoms with van der Waals surface area (Å²) in [5.41, 5.74) is 0.679. The minimum Gasteiger partial charge on any atom is -0.352 e. The quantitative estimate of drug-likeness (QED) is 0.863. The molecule has 1 atom stereocenters. The molecule has 1 heterocycles. The van der Waals surface area contributed by atoms with Crippen molar-refractivity contribution in [2.45, 2.75) is 25.6 Å². The number of nitrogens with zero attached hydrogens (tertiary/aromatic N) is 1. The van der Waals surface area contributed by atoms with Gasteiger partial charge in [-0.25, -0.2) is 4.39 Å². The molecule has 0 aromatic heterocycles. The predicted octanol–water partition coefficient (Wildman–Crippen LogP) is 2.24. The summed E-state index contributed by atoms with van der Waals surface area (Å²) < 4.78 is 50.1. The molecule has 126 valence electrons. The second-order valence-corrected chi connectivity index (χ2v) is 5.43. The van der Waals surface area contributed by atoms with Crippen molar-refractivity contribution < 1.29 is 27.2 Å². The third kappa shape index (κ3) is 4.67. The first kappa shape index (κ1) is 17.2. The number of carbonyl (C=O) groups excluding carboxylic acids is 2. The Morgan fingerprint density at radius 2 is 1.87 bits per heavy atom. The first-order valence-electron chi connectivity index (χ1n) is 7.15. The molecule has 1 aliphatic heterocycles. The second-order valence-electron chi connectivity index (χ2n) is 5.43. The van der Waals surface area contributed by atoms with E-state index in [2.05, 4.69) is 5.32 Å². The smallest absolute Gasteiger partial charge is 0.352 e. The number of piperidine rings is 1. The third-order valence-electron chi connectivity index (χ3n) is 3.70. The van der Waals surface area contributed by atoms with Crippen LogP contribution in [-0.4, -0.2) is 36.0 Å². The highest BCUT2D eigenvalue weighted by Crippen LogP contribution is 2.24. The number of benzene rings is 1. The van der Waals surface area contributed by atoms with Gasteiger partial charge in [0.1, 0.15) is 5.82 Å². The summed E-state index contributed by atoms with van der Waals surface area (Å²) in [7, 11) is 0. The topological polar surface area (TPSA) is 49.4 Å². The van der Waals surface area contributed by atoms with Crippen molar-refractivity contribution in [2.24, 2.45) is 5.92 Å². The lowest BCUT2D eigenvalue weighted by Crippen LogP contribution is -2.49. The number of nitrogens with one attached hydrogen (secondary N) is 1. The number of rotatable bonds is 3. The van der Waals surface area contributed by atoms with E-state index in [0.717, 1.165) is 0 Å². The summed E-state index contributed by atoms with van der Waals surface area (Å²) in [5.74, 6) is -3.38. The van der Waals surface area contributed by atoms with Gasteiger partial charge in [0, 0.05) is 19.6 Å². The molecule has 1 aromatic rings. The van der Waals surface area contributed by atoms with Crippen LogP contribution in [0.5, 0.6) is 0 Å². The zero-order chi connectivity index (χ0) is 17.0. The van der Waals surface area contributed by atoms with Gasteiger partial charge in [-0.1, -0.05) is 12.1 Å². The van der Waals surface area contributed by atoms with Gasteiger partial charge >= 0.3 is 12.1 Å². The molecular formula is C15H16F4N2O2. The Morgan fingerprint density at radius 3 is 2.48 bits per heavy atom. The zero-order valence-corrected chi connectivity index (χ0v) is 12.2. The van der Waals surface area contributed by atoms with E-state index in [9.17, 15) is 27.2 Å². The van der Waals surface area contributed by atoms with Gasteiger partial charge in [0.05, 0.1) is 5.92 Å². The molecule has 23 heavy (non-hydrogen) atoms. The number of hydrogen-bond acceptors (Lipinski definition) is 2. The molecule has 0 saturated carbocycles. The van der Waals surface area contributed by atoms with Gasteiger partial charge in [0.2, 0.25) is 5.91 Å². The molecule has 2 amide bonds. The van der Waals surface area contributed by atoms with Crippen LogP contribution in [-0.2, 0) is 16.1 Å². The van der Waals surface area contributed by atoms with Crippen molar-refractivity contribution in [2.75, 3.05) is 13.1 Å². The summed E-state index contributed by atoms with van der Waals surface area (Å²) in [6.07, 6.45) is -4.15. The summed E-state index contributed by atoms with van der Waals surface area (Å²) in [6.45, 7) is -0.0868. The van der Waals surface area contributed by atoms with Crippen molar-refractivity contribution >= 4 is 11.8 Å². The Morgan fingerprint density at radius 1 is 1.22 bits per heavy atom. The van der Waals surface area contributed by atoms with Crippen LogP contribution < -0.4 is 5.32 Å². The Balaban J connectivity index is 1.89. The summed E-state index contributed by atoms with van der Waals surface area (Å²) in [5, 5.41) is 2.61. The lowest BCUT2D eigenvalue weighted by Gasteiger charge is -2.32. The first-order chi connectivity index (χ1) is 10.8. The second kappa shape index (κ2) is 6.97. The normalized spacial score (nSPS) is 18.6. The van der Waals surface area contributed by atoms with Crippen molar-refractivity contribution in [1.29, 1.82) is 0 Å². The van der Waals surface area contributed by atoms with Crippen molar-refractivity contribution in [3.8, 4) is 0 Å². The summed E-state index contributed by atoms with van der Waals surface area (Å²) in [4.78, 5) is 24.0. The molecule has 2 rings (SSSR count). The van der Waals surface area contributed by atoms with Crippen LogP contribution in [0.15, 0.2) is 24.3 Å². The molecule has 1 unspecified atom stereocenters. The van der Waals surface area contributed by atoms with Crippen LogP contribution in [0.2, 0.25) is 0 Å². The fourth-order valence-electron chi connectivity index (χ4n) is 2.49. The van der Waals surface area contributed by atoms with Gasteiger partial charge in [-0.15, -0.1) is 0 Å². The van der Waals surface area contributed by atoms with E-state index in [4.69, 9.17) is 0 Å². The number of hydrogen-bond donors (Lipinski definition) is 1. The Kier molecular flexibility index (Phi) is 5.23. The average molecular weight is 332 g/mol. The SMILES string of the molecule is O=C(NCc1ccc(F)cc1)C1CCCN(C(=O)C(F)(F)F)C1. The van der Waals surface area contributed by atoms with Gasteiger partial charge in [-0.3, -0.25) is 9.59 Å². The van der Waals surface area contributed by atoms with E-state index in [1.54, 1.807) is 0 Å². The zero-order valence-electron chi connectivity index (χ0n) is 12.2. The van der Waals surface area contributed by atoms with Gasteiger partial charge in [0.25, 0.3) is 0 Å².